The Bertz CT molecular complexity index is 808. The third-order valence-corrected chi connectivity index (χ3v) is 3.64. The standard InChI is InChI=1S/C18H22ClFN4O2/c1-10-6-7-12(23-15-14(20)9-21-16(19)24-15)8-13(10)11(2)22-17(25)26-18(3,4)5/h6-9,11H,1-5H3,(H,22,25)(H,21,23,24). The number of aryl methyl sites for hydroxylation is 1. The van der Waals surface area contributed by atoms with E-state index in [-0.39, 0.29) is 17.1 Å². The van der Waals surface area contributed by atoms with Crippen LogP contribution in [-0.4, -0.2) is 21.7 Å². The number of rotatable bonds is 4. The highest BCUT2D eigenvalue weighted by Crippen LogP contribution is 2.25. The van der Waals surface area contributed by atoms with Gasteiger partial charge in [0.1, 0.15) is 5.60 Å². The molecule has 0 fully saturated rings. The zero-order valence-corrected chi connectivity index (χ0v) is 16.1. The van der Waals surface area contributed by atoms with Crippen LogP contribution >= 0.6 is 11.6 Å². The average molecular weight is 381 g/mol. The summed E-state index contributed by atoms with van der Waals surface area (Å²) in [6.07, 6.45) is 0.496. The number of nitrogens with one attached hydrogen (secondary N) is 2. The van der Waals surface area contributed by atoms with Crippen molar-refractivity contribution in [2.24, 2.45) is 0 Å². The van der Waals surface area contributed by atoms with Crippen molar-refractivity contribution >= 4 is 29.2 Å². The Morgan fingerprint density at radius 3 is 2.69 bits per heavy atom. The van der Waals surface area contributed by atoms with Crippen molar-refractivity contribution in [1.82, 2.24) is 15.3 Å². The van der Waals surface area contributed by atoms with Crippen molar-refractivity contribution in [2.45, 2.75) is 46.3 Å². The second kappa shape index (κ2) is 7.86. The molecule has 8 heteroatoms. The molecule has 0 aliphatic heterocycles. The predicted octanol–water partition coefficient (Wildman–Crippen LogP) is 4.91. The number of aromatic nitrogens is 2. The first-order valence-corrected chi connectivity index (χ1v) is 8.48. The summed E-state index contributed by atoms with van der Waals surface area (Å²) in [7, 11) is 0. The Morgan fingerprint density at radius 2 is 2.04 bits per heavy atom. The molecule has 140 valence electrons. The van der Waals surface area contributed by atoms with Gasteiger partial charge in [0.05, 0.1) is 12.2 Å². The zero-order chi connectivity index (χ0) is 19.5. The minimum Gasteiger partial charge on any atom is -0.444 e. The Morgan fingerprint density at radius 1 is 1.35 bits per heavy atom. The Hall–Kier alpha value is -2.41. The normalized spacial score (nSPS) is 12.4. The van der Waals surface area contributed by atoms with Gasteiger partial charge in [0.15, 0.2) is 11.6 Å². The van der Waals surface area contributed by atoms with E-state index >= 15 is 0 Å². The van der Waals surface area contributed by atoms with Crippen molar-refractivity contribution in [3.63, 3.8) is 0 Å². The van der Waals surface area contributed by atoms with E-state index in [1.807, 2.05) is 26.0 Å². The SMILES string of the molecule is Cc1ccc(Nc2nc(Cl)ncc2F)cc1C(C)NC(=O)OC(C)(C)C. The summed E-state index contributed by atoms with van der Waals surface area (Å²) >= 11 is 5.71. The fourth-order valence-electron chi connectivity index (χ4n) is 2.32. The second-order valence-electron chi connectivity index (χ2n) is 6.90. The van der Waals surface area contributed by atoms with Gasteiger partial charge >= 0.3 is 6.09 Å². The number of amides is 1. The number of carbonyl (C=O) groups is 1. The molecular formula is C18H22ClFN4O2. The van der Waals surface area contributed by atoms with Gasteiger partial charge in [0.25, 0.3) is 0 Å². The number of hydrogen-bond acceptors (Lipinski definition) is 5. The molecule has 26 heavy (non-hydrogen) atoms. The van der Waals surface area contributed by atoms with Crippen LogP contribution in [0, 0.1) is 12.7 Å². The maximum atomic E-state index is 13.8. The molecule has 1 aromatic heterocycles. The molecule has 2 rings (SSSR count). The van der Waals surface area contributed by atoms with E-state index in [0.29, 0.717) is 5.69 Å². The van der Waals surface area contributed by atoms with Crippen LogP contribution in [0.15, 0.2) is 24.4 Å². The van der Waals surface area contributed by atoms with Crippen LogP contribution in [0.5, 0.6) is 0 Å². The smallest absolute Gasteiger partial charge is 0.408 e. The van der Waals surface area contributed by atoms with Crippen LogP contribution in [0.4, 0.5) is 20.7 Å². The molecule has 0 spiro atoms. The molecule has 1 heterocycles. The van der Waals surface area contributed by atoms with Gasteiger partial charge in [-0.2, -0.15) is 4.98 Å². The van der Waals surface area contributed by atoms with E-state index in [1.165, 1.54) is 0 Å². The van der Waals surface area contributed by atoms with Crippen molar-refractivity contribution in [2.75, 3.05) is 5.32 Å². The van der Waals surface area contributed by atoms with Crippen LogP contribution < -0.4 is 10.6 Å². The molecular weight excluding hydrogens is 359 g/mol. The van der Waals surface area contributed by atoms with E-state index in [1.54, 1.807) is 26.8 Å². The molecule has 2 N–H and O–H groups in total. The van der Waals surface area contributed by atoms with Gasteiger partial charge in [-0.3, -0.25) is 0 Å². The van der Waals surface area contributed by atoms with Crippen LogP contribution in [0.3, 0.4) is 0 Å². The van der Waals surface area contributed by atoms with Crippen molar-refractivity contribution in [3.05, 3.63) is 46.6 Å². The number of anilines is 2. The van der Waals surface area contributed by atoms with Crippen LogP contribution in [0.2, 0.25) is 5.28 Å². The number of halogens is 2. The van der Waals surface area contributed by atoms with Gasteiger partial charge < -0.3 is 15.4 Å². The quantitative estimate of drug-likeness (QED) is 0.737. The van der Waals surface area contributed by atoms with Crippen molar-refractivity contribution in [3.8, 4) is 0 Å². The largest absolute Gasteiger partial charge is 0.444 e. The third-order valence-electron chi connectivity index (χ3n) is 3.46. The maximum Gasteiger partial charge on any atom is 0.408 e. The van der Waals surface area contributed by atoms with Crippen LogP contribution in [-0.2, 0) is 4.74 Å². The summed E-state index contributed by atoms with van der Waals surface area (Å²) in [6.45, 7) is 9.17. The fraction of sp³-hybridized carbons (Fsp3) is 0.389. The van der Waals surface area contributed by atoms with E-state index in [0.717, 1.165) is 17.3 Å². The summed E-state index contributed by atoms with van der Waals surface area (Å²) < 4.78 is 19.1. The molecule has 0 radical (unpaired) electrons. The minimum atomic E-state index is -0.614. The second-order valence-corrected chi connectivity index (χ2v) is 7.24. The highest BCUT2D eigenvalue weighted by molar-refractivity contribution is 6.28. The van der Waals surface area contributed by atoms with E-state index in [9.17, 15) is 9.18 Å². The van der Waals surface area contributed by atoms with Crippen molar-refractivity contribution in [1.29, 1.82) is 0 Å². The molecule has 1 amide bonds. The lowest BCUT2D eigenvalue weighted by molar-refractivity contribution is 0.0508. The van der Waals surface area contributed by atoms with Gasteiger partial charge in [-0.25, -0.2) is 14.2 Å². The topological polar surface area (TPSA) is 76.1 Å². The number of ether oxygens (including phenoxy) is 1. The Balaban J connectivity index is 2.18. The highest BCUT2D eigenvalue weighted by atomic mass is 35.5. The molecule has 0 bridgehead atoms. The number of carbonyl (C=O) groups excluding carboxylic acids is 1. The van der Waals surface area contributed by atoms with Gasteiger partial charge in [-0.15, -0.1) is 0 Å². The Labute approximate surface area is 157 Å². The number of alkyl carbamates (subject to hydrolysis) is 1. The molecule has 0 aliphatic carbocycles. The number of nitrogens with zero attached hydrogens (tertiary/aromatic N) is 2. The lowest BCUT2D eigenvalue weighted by Gasteiger charge is -2.23. The molecule has 0 saturated carbocycles. The van der Waals surface area contributed by atoms with Gasteiger partial charge in [-0.1, -0.05) is 6.07 Å². The summed E-state index contributed by atoms with van der Waals surface area (Å²) in [6, 6.07) is 5.16. The van der Waals surface area contributed by atoms with Crippen LogP contribution in [0.25, 0.3) is 0 Å². The Kier molecular flexibility index (Phi) is 6.02. The number of benzene rings is 1. The van der Waals surface area contributed by atoms with Gasteiger partial charge in [0, 0.05) is 5.69 Å². The summed E-state index contributed by atoms with van der Waals surface area (Å²) in [5, 5.41) is 5.61. The molecule has 1 atom stereocenters. The van der Waals surface area contributed by atoms with Crippen molar-refractivity contribution < 1.29 is 13.9 Å². The molecule has 2 aromatic rings. The first kappa shape index (κ1) is 19.9. The summed E-state index contributed by atoms with van der Waals surface area (Å²) in [5.74, 6) is -0.635. The monoisotopic (exact) mass is 380 g/mol. The third kappa shape index (κ3) is 5.56. The molecule has 0 aliphatic rings. The predicted molar refractivity (Wildman–Crippen MR) is 99.2 cm³/mol. The zero-order valence-electron chi connectivity index (χ0n) is 15.4. The molecule has 1 aromatic carbocycles. The van der Waals surface area contributed by atoms with E-state index in [2.05, 4.69) is 20.6 Å². The average Bonchev–Trinajstić information content (AvgIpc) is 2.50. The fourth-order valence-corrected chi connectivity index (χ4v) is 2.45. The van der Waals surface area contributed by atoms with Gasteiger partial charge in [-0.05, 0) is 69.5 Å². The van der Waals surface area contributed by atoms with Gasteiger partial charge in [0.2, 0.25) is 5.28 Å². The molecule has 0 saturated heterocycles. The van der Waals surface area contributed by atoms with Crippen LogP contribution in [0.1, 0.15) is 44.9 Å². The first-order valence-electron chi connectivity index (χ1n) is 8.10. The molecule has 6 nitrogen and oxygen atoms in total. The van der Waals surface area contributed by atoms with E-state index in [4.69, 9.17) is 16.3 Å². The lowest BCUT2D eigenvalue weighted by Crippen LogP contribution is -2.34. The summed E-state index contributed by atoms with van der Waals surface area (Å²) in [5.41, 5.74) is 1.87. The molecule has 1 unspecified atom stereocenters. The summed E-state index contributed by atoms with van der Waals surface area (Å²) in [4.78, 5) is 19.4. The highest BCUT2D eigenvalue weighted by Gasteiger charge is 2.19. The maximum absolute atomic E-state index is 13.8. The first-order chi connectivity index (χ1) is 12.0. The lowest BCUT2D eigenvalue weighted by atomic mass is 10.0. The van der Waals surface area contributed by atoms with E-state index < -0.39 is 17.5 Å². The minimum absolute atomic E-state index is 0.0208. The number of hydrogen-bond donors (Lipinski definition) is 2.